The average molecular weight is 218 g/mol. The highest BCUT2D eigenvalue weighted by Gasteiger charge is 2.32. The third kappa shape index (κ3) is 2.85. The zero-order valence-corrected chi connectivity index (χ0v) is 10.5. The molecule has 16 heavy (non-hydrogen) atoms. The van der Waals surface area contributed by atoms with E-state index in [9.17, 15) is 5.11 Å². The third-order valence-corrected chi connectivity index (χ3v) is 3.70. The Morgan fingerprint density at radius 1 is 1.19 bits per heavy atom. The van der Waals surface area contributed by atoms with Gasteiger partial charge in [0, 0.05) is 0 Å². The summed E-state index contributed by atoms with van der Waals surface area (Å²) in [5, 5.41) is 10.2. The first-order chi connectivity index (χ1) is 7.56. The van der Waals surface area contributed by atoms with Gasteiger partial charge in [0.05, 0.1) is 6.10 Å². The summed E-state index contributed by atoms with van der Waals surface area (Å²) in [5.41, 5.74) is 3.86. The summed E-state index contributed by atoms with van der Waals surface area (Å²) in [7, 11) is 0. The summed E-state index contributed by atoms with van der Waals surface area (Å²) in [6.07, 6.45) is 3.25. The zero-order valence-electron chi connectivity index (χ0n) is 10.5. The molecule has 0 aliphatic heterocycles. The molecule has 2 atom stereocenters. The summed E-state index contributed by atoms with van der Waals surface area (Å²) < 4.78 is 0. The van der Waals surface area contributed by atoms with Gasteiger partial charge in [-0.2, -0.15) is 0 Å². The van der Waals surface area contributed by atoms with Crippen LogP contribution in [0.15, 0.2) is 18.2 Å². The molecule has 2 rings (SSSR count). The van der Waals surface area contributed by atoms with Crippen molar-refractivity contribution in [1.29, 1.82) is 0 Å². The predicted octanol–water partition coefficient (Wildman–Crippen LogP) is 3.25. The van der Waals surface area contributed by atoms with Crippen LogP contribution in [0.2, 0.25) is 0 Å². The van der Waals surface area contributed by atoms with Crippen molar-refractivity contribution in [3.8, 4) is 0 Å². The second-order valence-electron chi connectivity index (χ2n) is 5.46. The lowest BCUT2D eigenvalue weighted by molar-refractivity contribution is 0.105. The van der Waals surface area contributed by atoms with Crippen molar-refractivity contribution in [3.05, 3.63) is 34.9 Å². The Morgan fingerprint density at radius 2 is 1.75 bits per heavy atom. The summed E-state index contributed by atoms with van der Waals surface area (Å²) in [5.74, 6) is 1.24. The van der Waals surface area contributed by atoms with Crippen LogP contribution in [0.25, 0.3) is 0 Å². The lowest BCUT2D eigenvalue weighted by Crippen LogP contribution is -2.22. The Hall–Kier alpha value is -0.820. The number of aliphatic hydroxyl groups is 1. The number of aryl methyl sites for hydroxylation is 2. The van der Waals surface area contributed by atoms with E-state index in [0.29, 0.717) is 5.92 Å². The van der Waals surface area contributed by atoms with Gasteiger partial charge < -0.3 is 5.11 Å². The van der Waals surface area contributed by atoms with E-state index in [1.165, 1.54) is 29.5 Å². The van der Waals surface area contributed by atoms with Crippen LogP contribution in [-0.2, 0) is 6.42 Å². The molecule has 0 spiro atoms. The number of hydrogen-bond donors (Lipinski definition) is 1. The molecule has 0 amide bonds. The molecule has 0 aromatic heterocycles. The van der Waals surface area contributed by atoms with Crippen LogP contribution in [0.1, 0.15) is 36.5 Å². The first kappa shape index (κ1) is 11.7. The fraction of sp³-hybridized carbons (Fsp3) is 0.600. The molecule has 0 bridgehead atoms. The number of benzene rings is 1. The Kier molecular flexibility index (Phi) is 3.34. The molecule has 1 heteroatoms. The van der Waals surface area contributed by atoms with Gasteiger partial charge >= 0.3 is 0 Å². The summed E-state index contributed by atoms with van der Waals surface area (Å²) in [6.45, 7) is 6.42. The smallest absolute Gasteiger partial charge is 0.0608 e. The first-order valence-corrected chi connectivity index (χ1v) is 6.31. The second kappa shape index (κ2) is 4.58. The third-order valence-electron chi connectivity index (χ3n) is 3.70. The number of rotatable bonds is 4. The predicted molar refractivity (Wildman–Crippen MR) is 67.5 cm³/mol. The van der Waals surface area contributed by atoms with Gasteiger partial charge in [0.1, 0.15) is 0 Å². The molecule has 0 heterocycles. The van der Waals surface area contributed by atoms with Gasteiger partial charge in [0.2, 0.25) is 0 Å². The normalized spacial score (nSPS) is 19.5. The molecule has 1 aromatic rings. The molecule has 0 saturated heterocycles. The van der Waals surface area contributed by atoms with Gasteiger partial charge in [-0.25, -0.2) is 0 Å². The highest BCUT2D eigenvalue weighted by Crippen LogP contribution is 2.38. The van der Waals surface area contributed by atoms with Crippen molar-refractivity contribution in [2.75, 3.05) is 0 Å². The van der Waals surface area contributed by atoms with E-state index in [4.69, 9.17) is 0 Å². The molecule has 1 aliphatic carbocycles. The molecule has 1 fully saturated rings. The van der Waals surface area contributed by atoms with Gasteiger partial charge in [-0.05, 0) is 50.5 Å². The van der Waals surface area contributed by atoms with Crippen LogP contribution in [0.4, 0.5) is 0 Å². The number of hydrogen-bond acceptors (Lipinski definition) is 1. The topological polar surface area (TPSA) is 20.2 Å². The molecule has 0 radical (unpaired) electrons. The highest BCUT2D eigenvalue weighted by atomic mass is 16.3. The van der Waals surface area contributed by atoms with Crippen molar-refractivity contribution >= 4 is 0 Å². The lowest BCUT2D eigenvalue weighted by Gasteiger charge is -2.18. The quantitative estimate of drug-likeness (QED) is 0.822. The monoisotopic (exact) mass is 218 g/mol. The van der Waals surface area contributed by atoms with Crippen LogP contribution in [0.3, 0.4) is 0 Å². The van der Waals surface area contributed by atoms with Gasteiger partial charge in [0.25, 0.3) is 0 Å². The van der Waals surface area contributed by atoms with E-state index in [2.05, 4.69) is 39.0 Å². The van der Waals surface area contributed by atoms with E-state index in [-0.39, 0.29) is 6.10 Å². The molecule has 1 aliphatic rings. The molecule has 1 aromatic carbocycles. The van der Waals surface area contributed by atoms with Crippen LogP contribution in [0.5, 0.6) is 0 Å². The SMILES string of the molecule is Cc1cc(C)cc(CC(O)C(C)C2CC2)c1. The van der Waals surface area contributed by atoms with Crippen LogP contribution >= 0.6 is 0 Å². The van der Waals surface area contributed by atoms with E-state index < -0.39 is 0 Å². The van der Waals surface area contributed by atoms with E-state index in [0.717, 1.165) is 12.3 Å². The molecular formula is C15H22O. The van der Waals surface area contributed by atoms with Crippen LogP contribution in [0, 0.1) is 25.7 Å². The molecule has 2 unspecified atom stereocenters. The Bertz CT molecular complexity index is 345. The Balaban J connectivity index is 2.01. The molecule has 1 nitrogen and oxygen atoms in total. The molecule has 1 saturated carbocycles. The minimum absolute atomic E-state index is 0.173. The summed E-state index contributed by atoms with van der Waals surface area (Å²) >= 11 is 0. The maximum Gasteiger partial charge on any atom is 0.0608 e. The largest absolute Gasteiger partial charge is 0.392 e. The fourth-order valence-corrected chi connectivity index (χ4v) is 2.55. The molecule has 88 valence electrons. The van der Waals surface area contributed by atoms with Crippen LogP contribution < -0.4 is 0 Å². The van der Waals surface area contributed by atoms with Gasteiger partial charge in [-0.15, -0.1) is 0 Å². The fourth-order valence-electron chi connectivity index (χ4n) is 2.55. The van der Waals surface area contributed by atoms with E-state index >= 15 is 0 Å². The minimum Gasteiger partial charge on any atom is -0.392 e. The maximum atomic E-state index is 10.2. The van der Waals surface area contributed by atoms with Gasteiger partial charge in [-0.3, -0.25) is 0 Å². The van der Waals surface area contributed by atoms with Gasteiger partial charge in [-0.1, -0.05) is 36.2 Å². The summed E-state index contributed by atoms with van der Waals surface area (Å²) in [6, 6.07) is 6.56. The standard InChI is InChI=1S/C15H22O/c1-10-6-11(2)8-13(7-10)9-15(16)12(3)14-4-5-14/h6-8,12,14-16H,4-5,9H2,1-3H3. The second-order valence-corrected chi connectivity index (χ2v) is 5.46. The van der Waals surface area contributed by atoms with E-state index in [1.807, 2.05) is 0 Å². The summed E-state index contributed by atoms with van der Waals surface area (Å²) in [4.78, 5) is 0. The van der Waals surface area contributed by atoms with Gasteiger partial charge in [0.15, 0.2) is 0 Å². The molecular weight excluding hydrogens is 196 g/mol. The van der Waals surface area contributed by atoms with Crippen molar-refractivity contribution < 1.29 is 5.11 Å². The zero-order chi connectivity index (χ0) is 11.7. The van der Waals surface area contributed by atoms with Crippen LogP contribution in [-0.4, -0.2) is 11.2 Å². The van der Waals surface area contributed by atoms with Crippen molar-refractivity contribution in [2.45, 2.75) is 46.1 Å². The molecule has 1 N–H and O–H groups in total. The number of aliphatic hydroxyl groups excluding tert-OH is 1. The minimum atomic E-state index is -0.173. The van der Waals surface area contributed by atoms with Crippen molar-refractivity contribution in [2.24, 2.45) is 11.8 Å². The lowest BCUT2D eigenvalue weighted by atomic mass is 9.92. The first-order valence-electron chi connectivity index (χ1n) is 6.31. The Morgan fingerprint density at radius 3 is 2.25 bits per heavy atom. The Labute approximate surface area is 98.5 Å². The van der Waals surface area contributed by atoms with Crippen molar-refractivity contribution in [1.82, 2.24) is 0 Å². The van der Waals surface area contributed by atoms with Crippen molar-refractivity contribution in [3.63, 3.8) is 0 Å². The highest BCUT2D eigenvalue weighted by molar-refractivity contribution is 5.29. The van der Waals surface area contributed by atoms with E-state index in [1.54, 1.807) is 0 Å². The maximum absolute atomic E-state index is 10.2. The average Bonchev–Trinajstić information content (AvgIpc) is 2.97.